The van der Waals surface area contributed by atoms with Gasteiger partial charge >= 0.3 is 0 Å². The van der Waals surface area contributed by atoms with E-state index in [1.807, 2.05) is 13.8 Å². The molecule has 0 radical (unpaired) electrons. The number of sulfonamides is 1. The third kappa shape index (κ3) is 7.39. The fourth-order valence-electron chi connectivity index (χ4n) is 1.67. The Kier molecular flexibility index (Phi) is 7.82. The number of rotatable bonds is 5. The highest BCUT2D eigenvalue weighted by atomic mass is 35.7. The maximum Gasteiger partial charge on any atom is 0.261 e. The Morgan fingerprint density at radius 1 is 0.880 bits per heavy atom. The van der Waals surface area contributed by atoms with Crippen LogP contribution in [-0.2, 0) is 19.1 Å². The van der Waals surface area contributed by atoms with Crippen LogP contribution in [-0.4, -0.2) is 23.4 Å². The number of benzene rings is 2. The second-order valence-corrected chi connectivity index (χ2v) is 9.54. The summed E-state index contributed by atoms with van der Waals surface area (Å²) >= 11 is 0. The molecule has 2 rings (SSSR count). The Morgan fingerprint density at radius 3 is 1.64 bits per heavy atom. The van der Waals surface area contributed by atoms with E-state index in [0.717, 1.165) is 11.1 Å². The van der Waals surface area contributed by atoms with Crippen molar-refractivity contribution in [3.05, 3.63) is 72.3 Å². The summed E-state index contributed by atoms with van der Waals surface area (Å²) in [6.45, 7) is 7.48. The van der Waals surface area contributed by atoms with E-state index in [4.69, 9.17) is 10.7 Å². The summed E-state index contributed by atoms with van der Waals surface area (Å²) in [6.07, 6.45) is 1.51. The number of nitrogens with one attached hydrogen (secondary N) is 1. The lowest BCUT2D eigenvalue weighted by Gasteiger charge is -2.04. The van der Waals surface area contributed by atoms with Crippen LogP contribution in [0.15, 0.2) is 71.0 Å². The minimum Gasteiger partial charge on any atom is -0.207 e. The maximum absolute atomic E-state index is 11.5. The fraction of sp³-hybridized carbons (Fsp3) is 0.176. The Labute approximate surface area is 153 Å². The summed E-state index contributed by atoms with van der Waals surface area (Å²) in [5.74, 6) is 0. The smallest absolute Gasteiger partial charge is 0.207 e. The van der Waals surface area contributed by atoms with E-state index in [1.165, 1.54) is 18.2 Å². The van der Waals surface area contributed by atoms with Gasteiger partial charge in [0.15, 0.2) is 0 Å². The van der Waals surface area contributed by atoms with Gasteiger partial charge < -0.3 is 0 Å². The molecule has 0 amide bonds. The topological polar surface area (TPSA) is 80.3 Å². The maximum atomic E-state index is 11.5. The summed E-state index contributed by atoms with van der Waals surface area (Å²) in [4.78, 5) is 0.426. The van der Waals surface area contributed by atoms with Crippen LogP contribution < -0.4 is 4.72 Å². The van der Waals surface area contributed by atoms with Crippen molar-refractivity contribution in [2.24, 2.45) is 0 Å². The first-order valence-corrected chi connectivity index (χ1v) is 11.0. The molecule has 0 aliphatic rings. The Balaban J connectivity index is 0.000000257. The lowest BCUT2D eigenvalue weighted by Crippen LogP contribution is -2.23. The standard InChI is InChI=1S/C10H13NO2S.C7H7ClO2S/c1-3-8-11-14(12,13)10-6-4-9(2)5-7-10;1-6-2-4-7(5-3-6)11(8,9)10/h3-7,11H,1,8H2,2H3;2-5H,1H3. The third-order valence-corrected chi connectivity index (χ3v) is 5.86. The van der Waals surface area contributed by atoms with Gasteiger partial charge in [-0.1, -0.05) is 41.5 Å². The summed E-state index contributed by atoms with van der Waals surface area (Å²) in [5.41, 5.74) is 2.04. The molecule has 8 heteroatoms. The molecule has 2 aromatic carbocycles. The molecule has 2 aromatic rings. The molecule has 0 unspecified atom stereocenters. The predicted molar refractivity (Wildman–Crippen MR) is 101 cm³/mol. The van der Waals surface area contributed by atoms with Crippen LogP contribution in [0.4, 0.5) is 0 Å². The van der Waals surface area contributed by atoms with E-state index in [-0.39, 0.29) is 16.3 Å². The molecule has 0 spiro atoms. The zero-order valence-corrected chi connectivity index (χ0v) is 16.3. The number of hydrogen-bond donors (Lipinski definition) is 1. The van der Waals surface area contributed by atoms with Gasteiger partial charge in [-0.2, -0.15) is 0 Å². The Bertz CT molecular complexity index is 904. The van der Waals surface area contributed by atoms with Crippen molar-refractivity contribution in [3.63, 3.8) is 0 Å². The Hall–Kier alpha value is -1.67. The lowest BCUT2D eigenvalue weighted by molar-refractivity contribution is 0.585. The van der Waals surface area contributed by atoms with Crippen molar-refractivity contribution >= 4 is 29.8 Å². The van der Waals surface area contributed by atoms with Crippen LogP contribution in [0.1, 0.15) is 11.1 Å². The van der Waals surface area contributed by atoms with Gasteiger partial charge in [0.2, 0.25) is 10.0 Å². The highest BCUT2D eigenvalue weighted by Gasteiger charge is 2.11. The van der Waals surface area contributed by atoms with Crippen molar-refractivity contribution in [1.82, 2.24) is 4.72 Å². The molecule has 25 heavy (non-hydrogen) atoms. The van der Waals surface area contributed by atoms with E-state index in [0.29, 0.717) is 0 Å². The molecule has 0 saturated carbocycles. The average molecular weight is 402 g/mol. The molecule has 5 nitrogen and oxygen atoms in total. The number of halogens is 1. The second-order valence-electron chi connectivity index (χ2n) is 5.20. The van der Waals surface area contributed by atoms with Crippen molar-refractivity contribution in [3.8, 4) is 0 Å². The van der Waals surface area contributed by atoms with E-state index >= 15 is 0 Å². The van der Waals surface area contributed by atoms with Gasteiger partial charge in [-0.05, 0) is 38.1 Å². The second kappa shape index (κ2) is 9.15. The van der Waals surface area contributed by atoms with Gasteiger partial charge in [0.1, 0.15) is 0 Å². The SMILES string of the molecule is C=CCNS(=O)(=O)c1ccc(C)cc1.Cc1ccc(S(=O)(=O)Cl)cc1. The number of aryl methyl sites for hydroxylation is 2. The summed E-state index contributed by atoms with van der Waals surface area (Å²) in [7, 11) is -1.82. The van der Waals surface area contributed by atoms with Gasteiger partial charge in [-0.25, -0.2) is 21.6 Å². The Morgan fingerprint density at radius 2 is 1.28 bits per heavy atom. The highest BCUT2D eigenvalue weighted by molar-refractivity contribution is 8.13. The van der Waals surface area contributed by atoms with Crippen molar-refractivity contribution in [2.45, 2.75) is 23.6 Å². The van der Waals surface area contributed by atoms with Gasteiger partial charge in [0.05, 0.1) is 9.79 Å². The molecule has 0 saturated heterocycles. The first kappa shape index (κ1) is 21.4. The molecule has 0 atom stereocenters. The first-order valence-electron chi connectivity index (χ1n) is 7.25. The summed E-state index contributed by atoms with van der Waals surface area (Å²) in [6, 6.07) is 13.1. The quantitative estimate of drug-likeness (QED) is 0.615. The molecule has 0 aliphatic carbocycles. The van der Waals surface area contributed by atoms with Crippen LogP contribution in [0.25, 0.3) is 0 Å². The van der Waals surface area contributed by atoms with E-state index in [9.17, 15) is 16.8 Å². The molecule has 136 valence electrons. The predicted octanol–water partition coefficient (Wildman–Crippen LogP) is 3.38. The van der Waals surface area contributed by atoms with Gasteiger partial charge in [-0.15, -0.1) is 6.58 Å². The van der Waals surface area contributed by atoms with Crippen molar-refractivity contribution in [2.75, 3.05) is 6.54 Å². The monoisotopic (exact) mass is 401 g/mol. The third-order valence-electron chi connectivity index (χ3n) is 3.05. The molecular formula is C17H20ClNO4S2. The van der Waals surface area contributed by atoms with Crippen LogP contribution in [0.2, 0.25) is 0 Å². The molecule has 0 heterocycles. The van der Waals surface area contributed by atoms with Gasteiger partial charge in [-0.3, -0.25) is 0 Å². The molecule has 0 fully saturated rings. The molecule has 1 N–H and O–H groups in total. The zero-order chi connectivity index (χ0) is 19.1. The molecule has 0 aliphatic heterocycles. The van der Waals surface area contributed by atoms with E-state index in [1.54, 1.807) is 36.4 Å². The fourth-order valence-corrected chi connectivity index (χ4v) is 3.44. The first-order chi connectivity index (χ1) is 11.6. The van der Waals surface area contributed by atoms with Gasteiger partial charge in [0, 0.05) is 17.2 Å². The van der Waals surface area contributed by atoms with Crippen LogP contribution in [0.5, 0.6) is 0 Å². The van der Waals surface area contributed by atoms with Crippen molar-refractivity contribution < 1.29 is 16.8 Å². The van der Waals surface area contributed by atoms with E-state index < -0.39 is 19.1 Å². The normalized spacial score (nSPS) is 11.3. The van der Waals surface area contributed by atoms with Crippen LogP contribution in [0, 0.1) is 13.8 Å². The lowest BCUT2D eigenvalue weighted by atomic mass is 10.2. The van der Waals surface area contributed by atoms with E-state index in [2.05, 4.69) is 11.3 Å². The largest absolute Gasteiger partial charge is 0.261 e. The molecule has 0 aromatic heterocycles. The van der Waals surface area contributed by atoms with Crippen molar-refractivity contribution in [1.29, 1.82) is 0 Å². The van der Waals surface area contributed by atoms with Crippen LogP contribution >= 0.6 is 10.7 Å². The zero-order valence-electron chi connectivity index (χ0n) is 13.9. The minimum atomic E-state index is -3.55. The van der Waals surface area contributed by atoms with Gasteiger partial charge in [0.25, 0.3) is 9.05 Å². The summed E-state index contributed by atoms with van der Waals surface area (Å²) in [5, 5.41) is 0. The molecular weight excluding hydrogens is 382 g/mol. The van der Waals surface area contributed by atoms with Crippen LogP contribution in [0.3, 0.4) is 0 Å². The number of hydrogen-bond acceptors (Lipinski definition) is 4. The highest BCUT2D eigenvalue weighted by Crippen LogP contribution is 2.14. The average Bonchev–Trinajstić information content (AvgIpc) is 2.53. The minimum absolute atomic E-state index is 0.143. The summed E-state index contributed by atoms with van der Waals surface area (Å²) < 4.78 is 46.9. The molecule has 0 bridgehead atoms.